The highest BCUT2D eigenvalue weighted by Crippen LogP contribution is 2.11. The molecule has 23 heavy (non-hydrogen) atoms. The van der Waals surface area contributed by atoms with Gasteiger partial charge in [-0.1, -0.05) is 6.07 Å². The topological polar surface area (TPSA) is 103 Å². The van der Waals surface area contributed by atoms with Gasteiger partial charge in [0.2, 0.25) is 0 Å². The molecule has 2 rings (SSSR count). The number of carbonyl (C=O) groups is 2. The Morgan fingerprint density at radius 3 is 2.48 bits per heavy atom. The summed E-state index contributed by atoms with van der Waals surface area (Å²) >= 11 is 0. The number of ether oxygens (including phenoxy) is 2. The molecule has 0 saturated carbocycles. The summed E-state index contributed by atoms with van der Waals surface area (Å²) in [6.45, 7) is 0.947. The van der Waals surface area contributed by atoms with Crippen molar-refractivity contribution in [3.8, 4) is 11.6 Å². The van der Waals surface area contributed by atoms with E-state index in [2.05, 4.69) is 16.0 Å². The molecule has 2 aromatic rings. The summed E-state index contributed by atoms with van der Waals surface area (Å²) in [6.07, 6.45) is 0. The number of aromatic nitrogens is 1. The van der Waals surface area contributed by atoms with Crippen LogP contribution in [0.4, 0.5) is 4.39 Å². The van der Waals surface area contributed by atoms with Crippen molar-refractivity contribution in [2.45, 2.75) is 6.92 Å². The first-order valence-electron chi connectivity index (χ1n) is 6.55. The first-order chi connectivity index (χ1) is 11.0. The SMILES string of the molecule is Cc1cc(OCC(=O)NNC(=O)COc2cccc(F)c2)no1. The van der Waals surface area contributed by atoms with Crippen LogP contribution in [0.15, 0.2) is 34.9 Å². The summed E-state index contributed by atoms with van der Waals surface area (Å²) in [5.74, 6) is -0.765. The number of hydrazine groups is 1. The zero-order valence-electron chi connectivity index (χ0n) is 12.2. The van der Waals surface area contributed by atoms with Crippen LogP contribution in [0, 0.1) is 12.7 Å². The van der Waals surface area contributed by atoms with Crippen molar-refractivity contribution in [1.29, 1.82) is 0 Å². The lowest BCUT2D eigenvalue weighted by Gasteiger charge is -2.08. The molecule has 0 saturated heterocycles. The highest BCUT2D eigenvalue weighted by atomic mass is 19.1. The lowest BCUT2D eigenvalue weighted by atomic mass is 10.3. The molecule has 0 aliphatic heterocycles. The zero-order valence-corrected chi connectivity index (χ0v) is 12.2. The predicted octanol–water partition coefficient (Wildman–Crippen LogP) is 0.727. The second-order valence-corrected chi connectivity index (χ2v) is 4.41. The van der Waals surface area contributed by atoms with Crippen molar-refractivity contribution in [3.05, 3.63) is 41.9 Å². The van der Waals surface area contributed by atoms with Crippen molar-refractivity contribution in [2.24, 2.45) is 0 Å². The molecule has 0 fully saturated rings. The number of amides is 2. The standard InChI is InChI=1S/C14H14FN3O5/c1-9-5-14(18-23-9)22-8-13(20)17-16-12(19)7-21-11-4-2-3-10(15)6-11/h2-6H,7-8H2,1H3,(H,16,19)(H,17,20). The number of halogens is 1. The molecule has 2 amide bonds. The van der Waals surface area contributed by atoms with Crippen LogP contribution in [0.3, 0.4) is 0 Å². The summed E-state index contributed by atoms with van der Waals surface area (Å²) in [4.78, 5) is 22.9. The molecule has 0 radical (unpaired) electrons. The van der Waals surface area contributed by atoms with Gasteiger partial charge in [-0.15, -0.1) is 0 Å². The lowest BCUT2D eigenvalue weighted by molar-refractivity contribution is -0.131. The Kier molecular flexibility index (Phi) is 5.50. The molecule has 0 spiro atoms. The van der Waals surface area contributed by atoms with Gasteiger partial charge in [-0.2, -0.15) is 0 Å². The van der Waals surface area contributed by atoms with Crippen molar-refractivity contribution in [3.63, 3.8) is 0 Å². The highest BCUT2D eigenvalue weighted by Gasteiger charge is 2.08. The number of nitrogens with zero attached hydrogens (tertiary/aromatic N) is 1. The molecule has 0 aliphatic carbocycles. The Labute approximate surface area is 130 Å². The Balaban J connectivity index is 1.64. The second kappa shape index (κ2) is 7.78. The van der Waals surface area contributed by atoms with E-state index in [-0.39, 0.29) is 24.8 Å². The molecular weight excluding hydrogens is 309 g/mol. The number of nitrogens with one attached hydrogen (secondary N) is 2. The molecule has 0 unspecified atom stereocenters. The molecule has 9 heteroatoms. The van der Waals surface area contributed by atoms with E-state index in [1.54, 1.807) is 6.92 Å². The maximum Gasteiger partial charge on any atom is 0.276 e. The van der Waals surface area contributed by atoms with E-state index in [1.807, 2.05) is 0 Å². The molecule has 0 aliphatic rings. The fraction of sp³-hybridized carbons (Fsp3) is 0.214. The first-order valence-corrected chi connectivity index (χ1v) is 6.55. The van der Waals surface area contributed by atoms with Gasteiger partial charge >= 0.3 is 0 Å². The van der Waals surface area contributed by atoms with Crippen LogP contribution in [0.1, 0.15) is 5.76 Å². The van der Waals surface area contributed by atoms with Crippen LogP contribution >= 0.6 is 0 Å². The van der Waals surface area contributed by atoms with Crippen LogP contribution in [-0.2, 0) is 9.59 Å². The van der Waals surface area contributed by atoms with E-state index in [0.717, 1.165) is 6.07 Å². The minimum Gasteiger partial charge on any atom is -0.484 e. The smallest absolute Gasteiger partial charge is 0.276 e. The van der Waals surface area contributed by atoms with Gasteiger partial charge in [0.05, 0.1) is 0 Å². The monoisotopic (exact) mass is 323 g/mol. The van der Waals surface area contributed by atoms with Crippen molar-refractivity contribution >= 4 is 11.8 Å². The first kappa shape index (κ1) is 16.3. The lowest BCUT2D eigenvalue weighted by Crippen LogP contribution is -2.45. The van der Waals surface area contributed by atoms with Gasteiger partial charge in [0.15, 0.2) is 13.2 Å². The Morgan fingerprint density at radius 2 is 1.87 bits per heavy atom. The van der Waals surface area contributed by atoms with Gasteiger partial charge in [-0.05, 0) is 24.2 Å². The number of benzene rings is 1. The largest absolute Gasteiger partial charge is 0.484 e. The van der Waals surface area contributed by atoms with Crippen molar-refractivity contribution in [2.75, 3.05) is 13.2 Å². The average molecular weight is 323 g/mol. The Morgan fingerprint density at radius 1 is 1.17 bits per heavy atom. The van der Waals surface area contributed by atoms with E-state index in [4.69, 9.17) is 14.0 Å². The minimum atomic E-state index is -0.611. The van der Waals surface area contributed by atoms with E-state index in [9.17, 15) is 14.0 Å². The number of rotatable bonds is 6. The molecule has 0 atom stereocenters. The van der Waals surface area contributed by atoms with Crippen LogP contribution < -0.4 is 20.3 Å². The zero-order chi connectivity index (χ0) is 16.7. The van der Waals surface area contributed by atoms with E-state index < -0.39 is 17.6 Å². The Hall–Kier alpha value is -3.10. The molecule has 1 aromatic heterocycles. The van der Waals surface area contributed by atoms with E-state index in [1.165, 1.54) is 24.3 Å². The van der Waals surface area contributed by atoms with E-state index >= 15 is 0 Å². The van der Waals surface area contributed by atoms with Gasteiger partial charge in [-0.25, -0.2) is 4.39 Å². The maximum absolute atomic E-state index is 12.9. The van der Waals surface area contributed by atoms with Gasteiger partial charge in [0.1, 0.15) is 17.3 Å². The minimum absolute atomic E-state index is 0.165. The summed E-state index contributed by atoms with van der Waals surface area (Å²) in [7, 11) is 0. The summed E-state index contributed by atoms with van der Waals surface area (Å²) < 4.78 is 27.7. The molecule has 2 N–H and O–H groups in total. The third-order valence-corrected chi connectivity index (χ3v) is 2.46. The summed E-state index contributed by atoms with van der Waals surface area (Å²) in [5.41, 5.74) is 4.26. The summed E-state index contributed by atoms with van der Waals surface area (Å²) in [6, 6.07) is 6.86. The number of carbonyl (C=O) groups excluding carboxylic acids is 2. The third kappa shape index (κ3) is 5.65. The number of aryl methyl sites for hydroxylation is 1. The van der Waals surface area contributed by atoms with Crippen LogP contribution in [0.25, 0.3) is 0 Å². The second-order valence-electron chi connectivity index (χ2n) is 4.41. The van der Waals surface area contributed by atoms with Crippen molar-refractivity contribution < 1.29 is 28.0 Å². The van der Waals surface area contributed by atoms with Crippen LogP contribution in [0.5, 0.6) is 11.6 Å². The summed E-state index contributed by atoms with van der Waals surface area (Å²) in [5, 5.41) is 3.54. The molecule has 1 aromatic carbocycles. The number of hydrogen-bond donors (Lipinski definition) is 2. The Bertz CT molecular complexity index is 689. The van der Waals surface area contributed by atoms with E-state index in [0.29, 0.717) is 5.76 Å². The maximum atomic E-state index is 12.9. The number of hydrogen-bond acceptors (Lipinski definition) is 6. The molecule has 0 bridgehead atoms. The fourth-order valence-electron chi connectivity index (χ4n) is 1.47. The quantitative estimate of drug-likeness (QED) is 0.760. The fourth-order valence-corrected chi connectivity index (χ4v) is 1.47. The molecular formula is C14H14FN3O5. The molecule has 122 valence electrons. The van der Waals surface area contributed by atoms with Gasteiger partial charge in [0, 0.05) is 12.1 Å². The van der Waals surface area contributed by atoms with Crippen molar-refractivity contribution in [1.82, 2.24) is 16.0 Å². The van der Waals surface area contributed by atoms with Gasteiger partial charge in [0.25, 0.3) is 17.7 Å². The average Bonchev–Trinajstić information content (AvgIpc) is 2.94. The predicted molar refractivity (Wildman–Crippen MR) is 74.9 cm³/mol. The van der Waals surface area contributed by atoms with Gasteiger partial charge < -0.3 is 14.0 Å². The van der Waals surface area contributed by atoms with Gasteiger partial charge in [-0.3, -0.25) is 20.4 Å². The third-order valence-electron chi connectivity index (χ3n) is 2.46. The van der Waals surface area contributed by atoms with Crippen LogP contribution in [0.2, 0.25) is 0 Å². The highest BCUT2D eigenvalue weighted by molar-refractivity contribution is 5.83. The molecule has 8 nitrogen and oxygen atoms in total. The van der Waals surface area contributed by atoms with Crippen LogP contribution in [-0.4, -0.2) is 30.2 Å². The molecule has 1 heterocycles. The normalized spacial score (nSPS) is 10.0.